The SMILES string of the molecule is COc1cc(C)cc(C2=CC(C)=CCC2)c1OC. The predicted molar refractivity (Wildman–Crippen MR) is 75.3 cm³/mol. The molecule has 0 amide bonds. The molecule has 2 rings (SSSR count). The lowest BCUT2D eigenvalue weighted by molar-refractivity contribution is 0.353. The van der Waals surface area contributed by atoms with Gasteiger partial charge in [-0.05, 0) is 50.0 Å². The molecule has 0 spiro atoms. The van der Waals surface area contributed by atoms with Gasteiger partial charge in [0, 0.05) is 5.56 Å². The summed E-state index contributed by atoms with van der Waals surface area (Å²) in [6.07, 6.45) is 6.65. The summed E-state index contributed by atoms with van der Waals surface area (Å²) < 4.78 is 10.9. The number of hydrogen-bond donors (Lipinski definition) is 0. The lowest BCUT2D eigenvalue weighted by Crippen LogP contribution is -1.99. The van der Waals surface area contributed by atoms with Crippen LogP contribution in [0.15, 0.2) is 29.9 Å². The Hall–Kier alpha value is -1.70. The Bertz CT molecular complexity index is 510. The molecule has 0 saturated carbocycles. The van der Waals surface area contributed by atoms with E-state index in [9.17, 15) is 0 Å². The molecule has 0 unspecified atom stereocenters. The highest BCUT2D eigenvalue weighted by atomic mass is 16.5. The number of hydrogen-bond acceptors (Lipinski definition) is 2. The van der Waals surface area contributed by atoms with Gasteiger partial charge in [-0.2, -0.15) is 0 Å². The van der Waals surface area contributed by atoms with Crippen molar-refractivity contribution in [2.45, 2.75) is 26.7 Å². The summed E-state index contributed by atoms with van der Waals surface area (Å²) in [6.45, 7) is 4.22. The van der Waals surface area contributed by atoms with Crippen LogP contribution in [0, 0.1) is 6.92 Å². The third kappa shape index (κ3) is 2.42. The predicted octanol–water partition coefficient (Wildman–Crippen LogP) is 4.14. The highest BCUT2D eigenvalue weighted by molar-refractivity contribution is 5.76. The van der Waals surface area contributed by atoms with E-state index in [1.807, 2.05) is 6.07 Å². The number of aryl methyl sites for hydroxylation is 1. The Morgan fingerprint density at radius 1 is 1.06 bits per heavy atom. The zero-order valence-corrected chi connectivity index (χ0v) is 11.5. The molecule has 0 radical (unpaired) electrons. The summed E-state index contributed by atoms with van der Waals surface area (Å²) in [7, 11) is 3.38. The van der Waals surface area contributed by atoms with Gasteiger partial charge in [-0.3, -0.25) is 0 Å². The summed E-state index contributed by atoms with van der Waals surface area (Å²) in [5, 5.41) is 0. The van der Waals surface area contributed by atoms with Crippen molar-refractivity contribution in [2.75, 3.05) is 14.2 Å². The molecule has 1 aliphatic rings. The Morgan fingerprint density at radius 3 is 2.44 bits per heavy atom. The van der Waals surface area contributed by atoms with E-state index >= 15 is 0 Å². The minimum absolute atomic E-state index is 0.806. The van der Waals surface area contributed by atoms with Crippen LogP contribution < -0.4 is 9.47 Å². The topological polar surface area (TPSA) is 18.5 Å². The van der Waals surface area contributed by atoms with Crippen LogP contribution in [-0.4, -0.2) is 14.2 Å². The van der Waals surface area contributed by atoms with Crippen LogP contribution in [-0.2, 0) is 0 Å². The van der Waals surface area contributed by atoms with Crippen molar-refractivity contribution in [3.63, 3.8) is 0 Å². The van der Waals surface area contributed by atoms with Crippen LogP contribution in [0.5, 0.6) is 11.5 Å². The van der Waals surface area contributed by atoms with E-state index in [0.29, 0.717) is 0 Å². The van der Waals surface area contributed by atoms with Gasteiger partial charge >= 0.3 is 0 Å². The number of methoxy groups -OCH3 is 2. The van der Waals surface area contributed by atoms with Crippen molar-refractivity contribution >= 4 is 5.57 Å². The highest BCUT2D eigenvalue weighted by Crippen LogP contribution is 2.39. The molecule has 2 nitrogen and oxygen atoms in total. The van der Waals surface area contributed by atoms with Crippen LogP contribution in [0.2, 0.25) is 0 Å². The van der Waals surface area contributed by atoms with E-state index < -0.39 is 0 Å². The molecule has 0 fully saturated rings. The van der Waals surface area contributed by atoms with Gasteiger partial charge in [0.25, 0.3) is 0 Å². The summed E-state index contributed by atoms with van der Waals surface area (Å²) in [6, 6.07) is 4.18. The fourth-order valence-electron chi connectivity index (χ4n) is 2.41. The molecular formula is C16H20O2. The van der Waals surface area contributed by atoms with Gasteiger partial charge in [0.05, 0.1) is 14.2 Å². The fraction of sp³-hybridized carbons (Fsp3) is 0.375. The van der Waals surface area contributed by atoms with Crippen molar-refractivity contribution < 1.29 is 9.47 Å². The summed E-state index contributed by atoms with van der Waals surface area (Å²) in [5.74, 6) is 1.64. The van der Waals surface area contributed by atoms with Gasteiger partial charge < -0.3 is 9.47 Å². The maximum atomic E-state index is 5.53. The van der Waals surface area contributed by atoms with Gasteiger partial charge in [-0.15, -0.1) is 0 Å². The Morgan fingerprint density at radius 2 is 1.83 bits per heavy atom. The highest BCUT2D eigenvalue weighted by Gasteiger charge is 2.15. The smallest absolute Gasteiger partial charge is 0.168 e. The van der Waals surface area contributed by atoms with E-state index in [2.05, 4.69) is 32.1 Å². The first kappa shape index (κ1) is 12.7. The lowest BCUT2D eigenvalue weighted by Gasteiger charge is -2.18. The van der Waals surface area contributed by atoms with Gasteiger partial charge in [0.15, 0.2) is 11.5 Å². The molecule has 2 heteroatoms. The van der Waals surface area contributed by atoms with E-state index in [4.69, 9.17) is 9.47 Å². The molecule has 0 atom stereocenters. The van der Waals surface area contributed by atoms with Crippen LogP contribution in [0.25, 0.3) is 5.57 Å². The molecular weight excluding hydrogens is 224 g/mol. The van der Waals surface area contributed by atoms with Crippen LogP contribution in [0.1, 0.15) is 30.9 Å². The molecule has 0 aliphatic heterocycles. The zero-order chi connectivity index (χ0) is 13.1. The standard InChI is InChI=1S/C16H20O2/c1-11-6-5-7-13(8-11)14-9-12(2)10-15(17-3)16(14)18-4/h6,8-10H,5,7H2,1-4H3. The quantitative estimate of drug-likeness (QED) is 0.795. The van der Waals surface area contributed by atoms with Crippen molar-refractivity contribution in [2.24, 2.45) is 0 Å². The molecule has 96 valence electrons. The third-order valence-electron chi connectivity index (χ3n) is 3.25. The Labute approximate surface area is 109 Å². The van der Waals surface area contributed by atoms with Crippen molar-refractivity contribution in [3.8, 4) is 11.5 Å². The second kappa shape index (κ2) is 5.30. The maximum absolute atomic E-state index is 5.53. The molecule has 1 aliphatic carbocycles. The summed E-state index contributed by atoms with van der Waals surface area (Å²) in [4.78, 5) is 0. The van der Waals surface area contributed by atoms with Gasteiger partial charge in [-0.1, -0.05) is 17.7 Å². The lowest BCUT2D eigenvalue weighted by atomic mass is 9.92. The van der Waals surface area contributed by atoms with Gasteiger partial charge in [-0.25, -0.2) is 0 Å². The second-order valence-electron chi connectivity index (χ2n) is 4.70. The number of benzene rings is 1. The monoisotopic (exact) mass is 244 g/mol. The van der Waals surface area contributed by atoms with Crippen molar-refractivity contribution in [1.29, 1.82) is 0 Å². The third-order valence-corrected chi connectivity index (χ3v) is 3.25. The van der Waals surface area contributed by atoms with Crippen LogP contribution in [0.3, 0.4) is 0 Å². The molecule has 0 bridgehead atoms. The van der Waals surface area contributed by atoms with E-state index in [0.717, 1.165) is 29.9 Å². The molecule has 0 N–H and O–H groups in total. The normalized spacial score (nSPS) is 14.9. The zero-order valence-electron chi connectivity index (χ0n) is 11.5. The average molecular weight is 244 g/mol. The van der Waals surface area contributed by atoms with Crippen molar-refractivity contribution in [3.05, 3.63) is 41.0 Å². The Balaban J connectivity index is 2.56. The van der Waals surface area contributed by atoms with E-state index in [-0.39, 0.29) is 0 Å². The Kier molecular flexibility index (Phi) is 3.75. The first-order valence-corrected chi connectivity index (χ1v) is 6.26. The second-order valence-corrected chi connectivity index (χ2v) is 4.70. The number of ether oxygens (including phenoxy) is 2. The molecule has 1 aromatic rings. The molecule has 0 saturated heterocycles. The maximum Gasteiger partial charge on any atom is 0.168 e. The largest absolute Gasteiger partial charge is 0.493 e. The summed E-state index contributed by atoms with van der Waals surface area (Å²) in [5.41, 5.74) is 4.99. The molecule has 0 heterocycles. The minimum atomic E-state index is 0.806. The first-order chi connectivity index (χ1) is 8.65. The van der Waals surface area contributed by atoms with E-state index in [1.54, 1.807) is 14.2 Å². The first-order valence-electron chi connectivity index (χ1n) is 6.26. The molecule has 1 aromatic carbocycles. The fourth-order valence-corrected chi connectivity index (χ4v) is 2.41. The number of rotatable bonds is 3. The van der Waals surface area contributed by atoms with Gasteiger partial charge in [0.2, 0.25) is 0 Å². The average Bonchev–Trinajstić information content (AvgIpc) is 2.37. The van der Waals surface area contributed by atoms with Crippen LogP contribution in [0.4, 0.5) is 0 Å². The van der Waals surface area contributed by atoms with Crippen molar-refractivity contribution in [1.82, 2.24) is 0 Å². The summed E-state index contributed by atoms with van der Waals surface area (Å²) >= 11 is 0. The number of allylic oxidation sites excluding steroid dienone is 4. The van der Waals surface area contributed by atoms with Gasteiger partial charge in [0.1, 0.15) is 0 Å². The minimum Gasteiger partial charge on any atom is -0.493 e. The van der Waals surface area contributed by atoms with Crippen LogP contribution >= 0.6 is 0 Å². The molecule has 18 heavy (non-hydrogen) atoms. The molecule has 0 aromatic heterocycles. The van der Waals surface area contributed by atoms with E-state index in [1.165, 1.54) is 16.7 Å².